The van der Waals surface area contributed by atoms with Gasteiger partial charge in [0.1, 0.15) is 0 Å². The fourth-order valence-electron chi connectivity index (χ4n) is 6.18. The molecule has 0 aromatic heterocycles. The zero-order valence-electron chi connectivity index (χ0n) is 17.7. The average molecular weight is 413 g/mol. The molecule has 4 bridgehead atoms. The molecular weight excluding hydrogens is 380 g/mol. The Kier molecular flexibility index (Phi) is 6.11. The second-order valence-corrected chi connectivity index (χ2v) is 9.56. The van der Waals surface area contributed by atoms with E-state index >= 15 is 0 Å². The molecular formula is C24H32N2O4. The van der Waals surface area contributed by atoms with Gasteiger partial charge in [0, 0.05) is 12.0 Å². The molecule has 0 spiro atoms. The Balaban J connectivity index is 1.15. The van der Waals surface area contributed by atoms with Crippen LogP contribution in [0.4, 0.5) is 0 Å². The van der Waals surface area contributed by atoms with Crippen LogP contribution in [-0.2, 0) is 19.1 Å². The van der Waals surface area contributed by atoms with E-state index in [0.717, 1.165) is 24.8 Å². The normalized spacial score (nSPS) is 29.8. The first kappa shape index (κ1) is 20.9. The van der Waals surface area contributed by atoms with Gasteiger partial charge in [0.05, 0.1) is 12.5 Å². The van der Waals surface area contributed by atoms with Gasteiger partial charge in [0.15, 0.2) is 6.61 Å². The van der Waals surface area contributed by atoms with Gasteiger partial charge >= 0.3 is 5.97 Å². The zero-order valence-corrected chi connectivity index (χ0v) is 17.7. The minimum Gasteiger partial charge on any atom is -0.456 e. The number of nitrogens with one attached hydrogen (secondary N) is 2. The molecule has 4 aliphatic rings. The number of amides is 2. The van der Waals surface area contributed by atoms with Crippen LogP contribution >= 0.6 is 0 Å². The monoisotopic (exact) mass is 412 g/mol. The molecule has 0 radical (unpaired) electrons. The van der Waals surface area contributed by atoms with E-state index in [4.69, 9.17) is 4.74 Å². The molecule has 0 unspecified atom stereocenters. The second-order valence-electron chi connectivity index (χ2n) is 9.56. The first-order valence-electron chi connectivity index (χ1n) is 11.2. The Hall–Kier alpha value is -2.37. The Morgan fingerprint density at radius 3 is 2.23 bits per heavy atom. The summed E-state index contributed by atoms with van der Waals surface area (Å²) in [5.74, 6) is 1.45. The smallest absolute Gasteiger partial charge is 0.308 e. The minimum absolute atomic E-state index is 0.0830. The Bertz CT molecular complexity index is 756. The highest BCUT2D eigenvalue weighted by Crippen LogP contribution is 2.60. The van der Waals surface area contributed by atoms with E-state index in [0.29, 0.717) is 17.8 Å². The van der Waals surface area contributed by atoms with Gasteiger partial charge in [-0.05, 0) is 68.8 Å². The summed E-state index contributed by atoms with van der Waals surface area (Å²) in [6.45, 7) is 1.84. The third-order valence-electron chi connectivity index (χ3n) is 7.18. The summed E-state index contributed by atoms with van der Waals surface area (Å²) in [6, 6.07) is 9.46. The quantitative estimate of drug-likeness (QED) is 0.643. The summed E-state index contributed by atoms with van der Waals surface area (Å²) < 4.78 is 5.07. The third-order valence-corrected chi connectivity index (χ3v) is 7.18. The van der Waals surface area contributed by atoms with E-state index in [2.05, 4.69) is 10.6 Å². The highest BCUT2D eigenvalue weighted by molar-refractivity contribution is 5.84. The van der Waals surface area contributed by atoms with Crippen LogP contribution < -0.4 is 10.6 Å². The number of hydrogen-bond acceptors (Lipinski definition) is 4. The second kappa shape index (κ2) is 8.78. The van der Waals surface area contributed by atoms with Gasteiger partial charge in [-0.25, -0.2) is 0 Å². The predicted octanol–water partition coefficient (Wildman–Crippen LogP) is 3.13. The van der Waals surface area contributed by atoms with E-state index < -0.39 is 5.97 Å². The molecule has 6 heteroatoms. The van der Waals surface area contributed by atoms with Crippen LogP contribution in [0.15, 0.2) is 30.3 Å². The molecule has 4 aliphatic carbocycles. The van der Waals surface area contributed by atoms with Gasteiger partial charge in [-0.15, -0.1) is 0 Å². The molecule has 1 aromatic rings. The van der Waals surface area contributed by atoms with Crippen LogP contribution in [0.2, 0.25) is 0 Å². The number of carbonyl (C=O) groups excluding carboxylic acids is 3. The van der Waals surface area contributed by atoms with Crippen molar-refractivity contribution in [1.82, 2.24) is 10.6 Å². The molecule has 6 nitrogen and oxygen atoms in total. The van der Waals surface area contributed by atoms with Crippen LogP contribution in [0.3, 0.4) is 0 Å². The lowest BCUT2D eigenvalue weighted by Crippen LogP contribution is -2.53. The molecule has 0 saturated heterocycles. The molecule has 0 heterocycles. The van der Waals surface area contributed by atoms with Crippen LogP contribution in [0, 0.1) is 23.2 Å². The molecule has 5 rings (SSSR count). The fourth-order valence-corrected chi connectivity index (χ4v) is 6.18. The lowest BCUT2D eigenvalue weighted by molar-refractivity contribution is -0.149. The molecule has 2 amide bonds. The van der Waals surface area contributed by atoms with Crippen molar-refractivity contribution in [3.05, 3.63) is 35.9 Å². The summed E-state index contributed by atoms with van der Waals surface area (Å²) in [4.78, 5) is 36.9. The van der Waals surface area contributed by atoms with Gasteiger partial charge in [0.2, 0.25) is 5.91 Å². The molecule has 1 aromatic carbocycles. The zero-order chi connectivity index (χ0) is 21.1. The van der Waals surface area contributed by atoms with Gasteiger partial charge < -0.3 is 15.4 Å². The Morgan fingerprint density at radius 1 is 1.03 bits per heavy atom. The maximum atomic E-state index is 12.9. The maximum absolute atomic E-state index is 12.9. The first-order chi connectivity index (χ1) is 14.4. The topological polar surface area (TPSA) is 84.5 Å². The maximum Gasteiger partial charge on any atom is 0.308 e. The fraction of sp³-hybridized carbons (Fsp3) is 0.625. The van der Waals surface area contributed by atoms with Crippen LogP contribution in [-0.4, -0.2) is 30.9 Å². The van der Waals surface area contributed by atoms with Gasteiger partial charge in [-0.1, -0.05) is 30.3 Å². The summed E-state index contributed by atoms with van der Waals surface area (Å²) in [7, 11) is 0. The lowest BCUT2D eigenvalue weighted by atomic mass is 9.49. The molecule has 1 atom stereocenters. The highest BCUT2D eigenvalue weighted by Gasteiger charge is 2.54. The molecule has 0 aliphatic heterocycles. The Morgan fingerprint density at radius 2 is 1.63 bits per heavy atom. The van der Waals surface area contributed by atoms with Crippen molar-refractivity contribution in [2.24, 2.45) is 23.2 Å². The number of ether oxygens (including phenoxy) is 1. The average Bonchev–Trinajstić information content (AvgIpc) is 2.72. The largest absolute Gasteiger partial charge is 0.456 e. The summed E-state index contributed by atoms with van der Waals surface area (Å²) in [5.41, 5.74) is 0.788. The van der Waals surface area contributed by atoms with Crippen molar-refractivity contribution in [3.63, 3.8) is 0 Å². The van der Waals surface area contributed by atoms with Crippen LogP contribution in [0.1, 0.15) is 63.5 Å². The summed E-state index contributed by atoms with van der Waals surface area (Å²) >= 11 is 0. The van der Waals surface area contributed by atoms with Crippen LogP contribution in [0.25, 0.3) is 0 Å². The number of rotatable bonds is 8. The Labute approximate surface area is 178 Å². The molecule has 2 N–H and O–H groups in total. The number of esters is 1. The number of hydrogen-bond donors (Lipinski definition) is 2. The van der Waals surface area contributed by atoms with Crippen molar-refractivity contribution >= 4 is 17.8 Å². The summed E-state index contributed by atoms with van der Waals surface area (Å²) in [5, 5.41) is 5.79. The van der Waals surface area contributed by atoms with E-state index in [9.17, 15) is 14.4 Å². The molecule has 30 heavy (non-hydrogen) atoms. The van der Waals surface area contributed by atoms with Crippen molar-refractivity contribution in [2.75, 3.05) is 13.2 Å². The van der Waals surface area contributed by atoms with E-state index in [1.165, 1.54) is 19.3 Å². The van der Waals surface area contributed by atoms with Crippen molar-refractivity contribution in [1.29, 1.82) is 0 Å². The van der Waals surface area contributed by atoms with E-state index in [-0.39, 0.29) is 42.8 Å². The molecule has 4 saturated carbocycles. The van der Waals surface area contributed by atoms with Crippen molar-refractivity contribution < 1.29 is 19.1 Å². The van der Waals surface area contributed by atoms with Crippen LogP contribution in [0.5, 0.6) is 0 Å². The van der Waals surface area contributed by atoms with E-state index in [1.54, 1.807) is 0 Å². The predicted molar refractivity (Wildman–Crippen MR) is 112 cm³/mol. The van der Waals surface area contributed by atoms with Gasteiger partial charge in [-0.3, -0.25) is 14.4 Å². The highest BCUT2D eigenvalue weighted by atomic mass is 16.5. The molecule has 162 valence electrons. The van der Waals surface area contributed by atoms with E-state index in [1.807, 2.05) is 37.3 Å². The minimum atomic E-state index is -0.469. The summed E-state index contributed by atoms with van der Waals surface area (Å²) in [6.07, 6.45) is 7.00. The van der Waals surface area contributed by atoms with Crippen molar-refractivity contribution in [3.8, 4) is 0 Å². The number of benzene rings is 1. The third kappa shape index (κ3) is 4.68. The van der Waals surface area contributed by atoms with Gasteiger partial charge in [-0.2, -0.15) is 0 Å². The standard InChI is InChI=1S/C24H32N2O4/c1-16(20-5-3-2-4-6-20)26-21(27)15-30-22(28)7-8-25-23(29)24-12-17-9-18(13-24)11-19(10-17)14-24/h2-6,16-19H,7-15H2,1H3,(H,25,29)(H,26,27)/t16-,17?,18?,19?,24?/m0/s1. The first-order valence-corrected chi connectivity index (χ1v) is 11.2. The van der Waals surface area contributed by atoms with Gasteiger partial charge in [0.25, 0.3) is 5.91 Å². The molecule has 4 fully saturated rings. The SMILES string of the molecule is C[C@H](NC(=O)COC(=O)CCNC(=O)C12CC3CC(CC(C3)C1)C2)c1ccccc1. The number of carbonyl (C=O) groups is 3. The van der Waals surface area contributed by atoms with Crippen molar-refractivity contribution in [2.45, 2.75) is 57.9 Å². The lowest BCUT2D eigenvalue weighted by Gasteiger charge is -2.55.